The Balaban J connectivity index is 4.95. The normalized spacial score (nSPS) is 11.5. The van der Waals surface area contributed by atoms with Crippen LogP contribution in [-0.2, 0) is 19.1 Å². The van der Waals surface area contributed by atoms with E-state index < -0.39 is 17.9 Å². The lowest BCUT2D eigenvalue weighted by atomic mass is 10.0. The molecule has 0 N–H and O–H groups in total. The summed E-state index contributed by atoms with van der Waals surface area (Å²) in [6, 6.07) is 0. The van der Waals surface area contributed by atoms with E-state index in [-0.39, 0.29) is 13.2 Å². The van der Waals surface area contributed by atoms with Gasteiger partial charge in [-0.05, 0) is 26.7 Å². The van der Waals surface area contributed by atoms with Gasteiger partial charge in [0.2, 0.25) is 0 Å². The third kappa shape index (κ3) is 6.05. The number of rotatable bonds is 8. The predicted molar refractivity (Wildman–Crippen MR) is 70.5 cm³/mol. The topological polar surface area (TPSA) is 52.6 Å². The molecule has 0 saturated heterocycles. The Morgan fingerprint density at radius 1 is 1.11 bits per heavy atom. The van der Waals surface area contributed by atoms with Crippen LogP contribution in [0.4, 0.5) is 0 Å². The van der Waals surface area contributed by atoms with Crippen molar-refractivity contribution in [1.82, 2.24) is 0 Å². The summed E-state index contributed by atoms with van der Waals surface area (Å²) in [6.45, 7) is 5.82. The molecule has 0 aliphatic rings. The van der Waals surface area contributed by atoms with Gasteiger partial charge in [0.15, 0.2) is 5.92 Å². The number of carbonyl (C=O) groups excluding carboxylic acids is 2. The van der Waals surface area contributed by atoms with E-state index in [9.17, 15) is 9.59 Å². The number of alkyl halides is 1. The maximum absolute atomic E-state index is 11.7. The van der Waals surface area contributed by atoms with Crippen LogP contribution in [0, 0.1) is 5.92 Å². The third-order valence-corrected chi connectivity index (χ3v) is 2.54. The zero-order chi connectivity index (χ0) is 14.0. The Kier molecular flexibility index (Phi) is 9.38. The maximum atomic E-state index is 11.7. The highest BCUT2D eigenvalue weighted by Gasteiger charge is 2.27. The van der Waals surface area contributed by atoms with Crippen molar-refractivity contribution in [3.05, 3.63) is 11.6 Å². The second kappa shape index (κ2) is 9.95. The van der Waals surface area contributed by atoms with Crippen LogP contribution >= 0.6 is 11.6 Å². The molecule has 0 rings (SSSR count). The fourth-order valence-corrected chi connectivity index (χ4v) is 1.67. The molecule has 4 nitrogen and oxygen atoms in total. The van der Waals surface area contributed by atoms with Crippen LogP contribution in [0.25, 0.3) is 0 Å². The maximum Gasteiger partial charge on any atom is 0.324 e. The first-order valence-corrected chi connectivity index (χ1v) is 6.72. The summed E-state index contributed by atoms with van der Waals surface area (Å²) in [7, 11) is 0. The molecule has 0 heterocycles. The number of carbonyl (C=O) groups is 2. The largest absolute Gasteiger partial charge is 0.465 e. The molecule has 0 amide bonds. The summed E-state index contributed by atoms with van der Waals surface area (Å²) in [5.41, 5.74) is 0.955. The third-order valence-electron chi connectivity index (χ3n) is 2.35. The van der Waals surface area contributed by atoms with Crippen molar-refractivity contribution in [2.24, 2.45) is 5.92 Å². The molecule has 18 heavy (non-hydrogen) atoms. The Bertz CT molecular complexity index is 281. The lowest BCUT2D eigenvalue weighted by Gasteiger charge is -2.12. The van der Waals surface area contributed by atoms with Gasteiger partial charge in [-0.15, -0.1) is 11.6 Å². The molecule has 0 unspecified atom stereocenters. The van der Waals surface area contributed by atoms with Crippen molar-refractivity contribution in [2.45, 2.75) is 33.6 Å². The number of halogens is 1. The minimum atomic E-state index is -0.983. The molecule has 0 bridgehead atoms. The second-order valence-electron chi connectivity index (χ2n) is 3.60. The van der Waals surface area contributed by atoms with Gasteiger partial charge in [-0.1, -0.05) is 18.6 Å². The lowest BCUT2D eigenvalue weighted by molar-refractivity contribution is -0.158. The summed E-state index contributed by atoms with van der Waals surface area (Å²) < 4.78 is 9.76. The molecule has 0 atom stereocenters. The van der Waals surface area contributed by atoms with Crippen molar-refractivity contribution >= 4 is 23.5 Å². The number of ether oxygens (including phenoxy) is 2. The molecule has 0 radical (unpaired) electrons. The van der Waals surface area contributed by atoms with Gasteiger partial charge in [0, 0.05) is 5.88 Å². The molecule has 0 aromatic carbocycles. The molecule has 5 heteroatoms. The summed E-state index contributed by atoms with van der Waals surface area (Å²) in [5, 5.41) is 0. The average Bonchev–Trinajstić information content (AvgIpc) is 2.34. The zero-order valence-corrected chi connectivity index (χ0v) is 12.0. The van der Waals surface area contributed by atoms with Gasteiger partial charge < -0.3 is 9.47 Å². The second-order valence-corrected chi connectivity index (χ2v) is 3.98. The van der Waals surface area contributed by atoms with Gasteiger partial charge in [-0.3, -0.25) is 9.59 Å². The van der Waals surface area contributed by atoms with E-state index in [4.69, 9.17) is 21.1 Å². The average molecular weight is 277 g/mol. The van der Waals surface area contributed by atoms with E-state index in [0.29, 0.717) is 12.3 Å². The predicted octanol–water partition coefficient (Wildman–Crippen LogP) is 2.69. The van der Waals surface area contributed by atoms with E-state index in [1.54, 1.807) is 19.9 Å². The molecule has 0 fully saturated rings. The van der Waals surface area contributed by atoms with Gasteiger partial charge in [-0.2, -0.15) is 0 Å². The molecule has 0 aliphatic heterocycles. The van der Waals surface area contributed by atoms with Crippen LogP contribution in [0.3, 0.4) is 0 Å². The molecular weight excluding hydrogens is 256 g/mol. The lowest BCUT2D eigenvalue weighted by Crippen LogP contribution is -2.27. The van der Waals surface area contributed by atoms with Gasteiger partial charge in [0.1, 0.15) is 0 Å². The summed E-state index contributed by atoms with van der Waals surface area (Å²) in [6.07, 6.45) is 2.99. The van der Waals surface area contributed by atoms with Gasteiger partial charge in [0.05, 0.1) is 13.2 Å². The Labute approximate surface area is 113 Å². The monoisotopic (exact) mass is 276 g/mol. The summed E-state index contributed by atoms with van der Waals surface area (Å²) >= 11 is 5.67. The van der Waals surface area contributed by atoms with Crippen LogP contribution in [0.5, 0.6) is 0 Å². The molecule has 0 aliphatic carbocycles. The van der Waals surface area contributed by atoms with Crippen molar-refractivity contribution in [1.29, 1.82) is 0 Å². The molecular formula is C13H21ClO4. The van der Waals surface area contributed by atoms with Crippen molar-refractivity contribution < 1.29 is 19.1 Å². The standard InChI is InChI=1S/C13H21ClO4/c1-4-10(7-8-14)9-11(12(15)17-5-2)13(16)18-6-3/h9,11H,4-8H2,1-3H3. The molecule has 0 saturated carbocycles. The number of esters is 2. The number of allylic oxidation sites excluding steroid dienone is 1. The number of hydrogen-bond acceptors (Lipinski definition) is 4. The smallest absolute Gasteiger partial charge is 0.324 e. The summed E-state index contributed by atoms with van der Waals surface area (Å²) in [5.74, 6) is -1.67. The Hall–Kier alpha value is -1.03. The van der Waals surface area contributed by atoms with Crippen molar-refractivity contribution in [2.75, 3.05) is 19.1 Å². The Morgan fingerprint density at radius 3 is 1.94 bits per heavy atom. The van der Waals surface area contributed by atoms with Gasteiger partial charge in [-0.25, -0.2) is 0 Å². The molecule has 0 aromatic heterocycles. The highest BCUT2D eigenvalue weighted by atomic mass is 35.5. The first kappa shape index (κ1) is 17.0. The van der Waals surface area contributed by atoms with E-state index in [1.165, 1.54) is 0 Å². The SMILES string of the molecule is CCOC(=O)C(C=C(CC)CCCl)C(=O)OCC. The first-order valence-electron chi connectivity index (χ1n) is 6.19. The summed E-state index contributed by atoms with van der Waals surface area (Å²) in [4.78, 5) is 23.4. The first-order chi connectivity index (χ1) is 8.60. The van der Waals surface area contributed by atoms with Crippen LogP contribution < -0.4 is 0 Å². The minimum Gasteiger partial charge on any atom is -0.465 e. The van der Waals surface area contributed by atoms with Crippen LogP contribution in [0.15, 0.2) is 11.6 Å². The number of hydrogen-bond donors (Lipinski definition) is 0. The molecule has 0 spiro atoms. The van der Waals surface area contributed by atoms with E-state index >= 15 is 0 Å². The van der Waals surface area contributed by atoms with Gasteiger partial charge in [0.25, 0.3) is 0 Å². The minimum absolute atomic E-state index is 0.236. The fourth-order valence-electron chi connectivity index (χ4n) is 1.43. The zero-order valence-electron chi connectivity index (χ0n) is 11.2. The van der Waals surface area contributed by atoms with E-state index in [2.05, 4.69) is 0 Å². The van der Waals surface area contributed by atoms with Crippen LogP contribution in [-0.4, -0.2) is 31.0 Å². The van der Waals surface area contributed by atoms with E-state index in [0.717, 1.165) is 12.0 Å². The highest BCUT2D eigenvalue weighted by molar-refractivity contribution is 6.18. The van der Waals surface area contributed by atoms with Crippen LogP contribution in [0.1, 0.15) is 33.6 Å². The fraction of sp³-hybridized carbons (Fsp3) is 0.692. The Morgan fingerprint density at radius 2 is 1.61 bits per heavy atom. The highest BCUT2D eigenvalue weighted by Crippen LogP contribution is 2.15. The van der Waals surface area contributed by atoms with Gasteiger partial charge >= 0.3 is 11.9 Å². The quantitative estimate of drug-likeness (QED) is 0.296. The molecule has 0 aromatic rings. The molecule has 104 valence electrons. The van der Waals surface area contributed by atoms with E-state index in [1.807, 2.05) is 6.92 Å². The van der Waals surface area contributed by atoms with Crippen molar-refractivity contribution in [3.8, 4) is 0 Å². The van der Waals surface area contributed by atoms with Crippen LogP contribution in [0.2, 0.25) is 0 Å². The van der Waals surface area contributed by atoms with Crippen molar-refractivity contribution in [3.63, 3.8) is 0 Å².